The highest BCUT2D eigenvalue weighted by Gasteiger charge is 2.31. The summed E-state index contributed by atoms with van der Waals surface area (Å²) >= 11 is 3.48. The van der Waals surface area contributed by atoms with E-state index in [9.17, 15) is 5.11 Å². The molecule has 1 saturated heterocycles. The molecule has 0 saturated carbocycles. The van der Waals surface area contributed by atoms with Crippen LogP contribution in [0.1, 0.15) is 36.1 Å². The number of morpholine rings is 1. The fourth-order valence-corrected chi connectivity index (χ4v) is 4.53. The van der Waals surface area contributed by atoms with Crippen molar-refractivity contribution in [2.45, 2.75) is 44.4 Å². The van der Waals surface area contributed by atoms with Gasteiger partial charge in [0.25, 0.3) is 0 Å². The van der Waals surface area contributed by atoms with Gasteiger partial charge in [-0.3, -0.25) is 4.90 Å². The van der Waals surface area contributed by atoms with Gasteiger partial charge in [-0.15, -0.1) is 12.4 Å². The van der Waals surface area contributed by atoms with Gasteiger partial charge in [-0.1, -0.05) is 34.1 Å². The van der Waals surface area contributed by atoms with Crippen LogP contribution < -0.4 is 4.74 Å². The molecule has 6 heteroatoms. The minimum Gasteiger partial charge on any atom is -0.491 e. The van der Waals surface area contributed by atoms with Crippen LogP contribution in [0, 0.1) is 0 Å². The Labute approximate surface area is 187 Å². The van der Waals surface area contributed by atoms with Crippen molar-refractivity contribution in [2.75, 3.05) is 26.3 Å². The molecule has 1 fully saturated rings. The zero-order valence-electron chi connectivity index (χ0n) is 16.7. The second-order valence-corrected chi connectivity index (χ2v) is 8.74. The van der Waals surface area contributed by atoms with E-state index in [1.807, 2.05) is 18.2 Å². The summed E-state index contributed by atoms with van der Waals surface area (Å²) in [4.78, 5) is 2.30. The van der Waals surface area contributed by atoms with Gasteiger partial charge < -0.3 is 14.6 Å². The Morgan fingerprint density at radius 2 is 1.93 bits per heavy atom. The summed E-state index contributed by atoms with van der Waals surface area (Å²) in [6, 6.07) is 14.8. The topological polar surface area (TPSA) is 41.9 Å². The Hall–Kier alpha value is -1.11. The number of aliphatic hydroxyl groups excluding tert-OH is 1. The van der Waals surface area contributed by atoms with Gasteiger partial charge in [-0.05, 0) is 67.1 Å². The first-order chi connectivity index (χ1) is 13.6. The molecule has 4 nitrogen and oxygen atoms in total. The van der Waals surface area contributed by atoms with Crippen LogP contribution in [0.15, 0.2) is 46.9 Å². The van der Waals surface area contributed by atoms with Crippen molar-refractivity contribution in [2.24, 2.45) is 0 Å². The van der Waals surface area contributed by atoms with Crippen molar-refractivity contribution in [1.82, 2.24) is 4.90 Å². The van der Waals surface area contributed by atoms with E-state index in [0.29, 0.717) is 19.8 Å². The molecular formula is C23H29BrClNO3. The molecule has 1 N–H and O–H groups in total. The van der Waals surface area contributed by atoms with E-state index in [4.69, 9.17) is 9.47 Å². The molecule has 1 aliphatic heterocycles. The maximum absolute atomic E-state index is 10.6. The Morgan fingerprint density at radius 1 is 1.17 bits per heavy atom. The third-order valence-corrected chi connectivity index (χ3v) is 6.37. The van der Waals surface area contributed by atoms with Crippen molar-refractivity contribution in [3.8, 4) is 5.75 Å². The van der Waals surface area contributed by atoms with Gasteiger partial charge in [-0.25, -0.2) is 0 Å². The van der Waals surface area contributed by atoms with Crippen LogP contribution >= 0.6 is 28.3 Å². The molecule has 3 unspecified atom stereocenters. The predicted molar refractivity (Wildman–Crippen MR) is 121 cm³/mol. The first-order valence-corrected chi connectivity index (χ1v) is 10.9. The molecule has 3 atom stereocenters. The molecule has 0 bridgehead atoms. The molecule has 29 heavy (non-hydrogen) atoms. The summed E-state index contributed by atoms with van der Waals surface area (Å²) in [6.07, 6.45) is 3.03. The van der Waals surface area contributed by atoms with Crippen molar-refractivity contribution < 1.29 is 14.6 Å². The smallest absolute Gasteiger partial charge is 0.119 e. The summed E-state index contributed by atoms with van der Waals surface area (Å²) in [7, 11) is 0. The van der Waals surface area contributed by atoms with Crippen LogP contribution in [0.5, 0.6) is 5.75 Å². The van der Waals surface area contributed by atoms with Crippen LogP contribution in [0.4, 0.5) is 0 Å². The molecule has 1 heterocycles. The number of nitrogens with zero attached hydrogens (tertiary/aromatic N) is 1. The standard InChI is InChI=1S/C23H28BrNO3.ClH/c1-16-23(18-5-8-20(24)9-6-18)27-12-11-25(16)14-21(26)15-28-22-10-7-17-3-2-4-19(17)13-22;/h5-10,13,16,21,23,26H,2-4,11-12,14-15H2,1H3;1H. The number of rotatable bonds is 6. The van der Waals surface area contributed by atoms with Gasteiger partial charge in [0.1, 0.15) is 18.5 Å². The number of hydrogen-bond acceptors (Lipinski definition) is 4. The Morgan fingerprint density at radius 3 is 2.72 bits per heavy atom. The average molecular weight is 483 g/mol. The fourth-order valence-electron chi connectivity index (χ4n) is 4.27. The normalized spacial score (nSPS) is 22.6. The SMILES string of the molecule is CC1C(c2ccc(Br)cc2)OCCN1CC(O)COc1ccc2c(c1)CCC2.Cl. The third-order valence-electron chi connectivity index (χ3n) is 5.85. The number of ether oxygens (including phenoxy) is 2. The highest BCUT2D eigenvalue weighted by atomic mass is 79.9. The molecule has 0 radical (unpaired) electrons. The van der Waals surface area contributed by atoms with E-state index in [2.05, 4.69) is 52.0 Å². The maximum atomic E-state index is 10.6. The summed E-state index contributed by atoms with van der Waals surface area (Å²) in [5, 5.41) is 10.6. The number of aryl methyl sites for hydroxylation is 2. The zero-order valence-corrected chi connectivity index (χ0v) is 19.1. The number of aliphatic hydroxyl groups is 1. The lowest BCUT2D eigenvalue weighted by Crippen LogP contribution is -2.49. The molecule has 1 aliphatic carbocycles. The molecule has 2 aromatic rings. The molecule has 158 valence electrons. The Bertz CT molecular complexity index is 801. The molecule has 2 aliphatic rings. The van der Waals surface area contributed by atoms with Gasteiger partial charge in [0.05, 0.1) is 12.7 Å². The molecular weight excluding hydrogens is 454 g/mol. The van der Waals surface area contributed by atoms with Crippen LogP contribution in [-0.2, 0) is 17.6 Å². The number of hydrogen-bond donors (Lipinski definition) is 1. The maximum Gasteiger partial charge on any atom is 0.119 e. The summed E-state index contributed by atoms with van der Waals surface area (Å²) < 4.78 is 13.0. The lowest BCUT2D eigenvalue weighted by atomic mass is 10.0. The number of β-amino-alcohol motifs (C(OH)–C–C–N with tert-alkyl or cyclic N) is 1. The van der Waals surface area contributed by atoms with Gasteiger partial charge >= 0.3 is 0 Å². The van der Waals surface area contributed by atoms with E-state index in [1.165, 1.54) is 29.5 Å². The lowest BCUT2D eigenvalue weighted by molar-refractivity contribution is -0.0804. The van der Waals surface area contributed by atoms with E-state index in [0.717, 1.165) is 23.2 Å². The summed E-state index contributed by atoms with van der Waals surface area (Å²) in [5.74, 6) is 0.863. The number of fused-ring (bicyclic) bond motifs is 1. The highest BCUT2D eigenvalue weighted by molar-refractivity contribution is 9.10. The summed E-state index contributed by atoms with van der Waals surface area (Å²) in [5.41, 5.74) is 4.00. The van der Waals surface area contributed by atoms with E-state index >= 15 is 0 Å². The minimum absolute atomic E-state index is 0. The molecule has 2 aromatic carbocycles. The molecule has 0 spiro atoms. The van der Waals surface area contributed by atoms with Gasteiger partial charge in [0.2, 0.25) is 0 Å². The number of benzene rings is 2. The molecule has 4 rings (SSSR count). The second kappa shape index (κ2) is 10.3. The van der Waals surface area contributed by atoms with Gasteiger partial charge in [0, 0.05) is 23.6 Å². The van der Waals surface area contributed by atoms with Crippen LogP contribution in [0.25, 0.3) is 0 Å². The highest BCUT2D eigenvalue weighted by Crippen LogP contribution is 2.30. The largest absolute Gasteiger partial charge is 0.491 e. The molecule has 0 aromatic heterocycles. The summed E-state index contributed by atoms with van der Waals surface area (Å²) in [6.45, 7) is 4.56. The predicted octanol–water partition coefficient (Wildman–Crippen LogP) is 4.56. The third kappa shape index (κ3) is 5.53. The van der Waals surface area contributed by atoms with Gasteiger partial charge in [0.15, 0.2) is 0 Å². The van der Waals surface area contributed by atoms with E-state index < -0.39 is 6.10 Å². The van der Waals surface area contributed by atoms with E-state index in [-0.39, 0.29) is 24.6 Å². The first kappa shape index (κ1) is 22.6. The van der Waals surface area contributed by atoms with Crippen LogP contribution in [-0.4, -0.2) is 48.5 Å². The van der Waals surface area contributed by atoms with Crippen LogP contribution in [0.3, 0.4) is 0 Å². The van der Waals surface area contributed by atoms with Crippen molar-refractivity contribution in [1.29, 1.82) is 0 Å². The Kier molecular flexibility index (Phi) is 7.99. The second-order valence-electron chi connectivity index (χ2n) is 7.83. The van der Waals surface area contributed by atoms with Crippen molar-refractivity contribution >= 4 is 28.3 Å². The monoisotopic (exact) mass is 481 g/mol. The fraction of sp³-hybridized carbons (Fsp3) is 0.478. The van der Waals surface area contributed by atoms with Crippen molar-refractivity contribution in [3.63, 3.8) is 0 Å². The first-order valence-electron chi connectivity index (χ1n) is 10.1. The lowest BCUT2D eigenvalue weighted by Gasteiger charge is -2.40. The average Bonchev–Trinajstić information content (AvgIpc) is 3.17. The van der Waals surface area contributed by atoms with Crippen LogP contribution in [0.2, 0.25) is 0 Å². The van der Waals surface area contributed by atoms with Gasteiger partial charge in [-0.2, -0.15) is 0 Å². The zero-order chi connectivity index (χ0) is 19.5. The molecule has 0 amide bonds. The quantitative estimate of drug-likeness (QED) is 0.655. The minimum atomic E-state index is -0.528. The van der Waals surface area contributed by atoms with Crippen molar-refractivity contribution in [3.05, 3.63) is 63.6 Å². The number of halogens is 2. The van der Waals surface area contributed by atoms with E-state index in [1.54, 1.807) is 0 Å². The Balaban J connectivity index is 0.00000240.